The van der Waals surface area contributed by atoms with Gasteiger partial charge in [-0.3, -0.25) is 0 Å². The molecule has 0 saturated carbocycles. The van der Waals surface area contributed by atoms with Gasteiger partial charge in [-0.25, -0.2) is 10.4 Å². The third kappa shape index (κ3) is 1.14. The minimum Gasteiger partial charge on any atom is -0.235 e. The van der Waals surface area contributed by atoms with Gasteiger partial charge >= 0.3 is 0 Å². The third-order valence-corrected chi connectivity index (χ3v) is 1.31. The summed E-state index contributed by atoms with van der Waals surface area (Å²) in [6.07, 6.45) is 3.27. The minimum absolute atomic E-state index is 0.699. The molecule has 0 bridgehead atoms. The van der Waals surface area contributed by atoms with Crippen molar-refractivity contribution in [3.63, 3.8) is 0 Å². The van der Waals surface area contributed by atoms with Crippen molar-refractivity contribution in [1.29, 1.82) is 0 Å². The molecule has 0 amide bonds. The highest BCUT2D eigenvalue weighted by atomic mass is 15.7. The molecule has 0 radical (unpaired) electrons. The highest BCUT2D eigenvalue weighted by molar-refractivity contribution is 4.72. The van der Waals surface area contributed by atoms with Gasteiger partial charge in [0.25, 0.3) is 0 Å². The summed E-state index contributed by atoms with van der Waals surface area (Å²) in [4.78, 5) is 0. The zero-order chi connectivity index (χ0) is 5.28. The van der Waals surface area contributed by atoms with Crippen molar-refractivity contribution in [1.82, 2.24) is 10.4 Å². The molecule has 0 aromatic rings. The molecule has 1 N–H and O–H groups in total. The molecule has 0 spiro atoms. The Labute approximate surface area is 44.5 Å². The molecule has 1 aliphatic rings. The summed E-state index contributed by atoms with van der Waals surface area (Å²) in [5.41, 5.74) is 3.17. The van der Waals surface area contributed by atoms with E-state index in [0.717, 1.165) is 0 Å². The normalized spacial score (nSPS) is 38.6. The lowest BCUT2D eigenvalue weighted by Gasteiger charge is -1.84. The second-order valence-corrected chi connectivity index (χ2v) is 2.04. The average Bonchev–Trinajstić information content (AvgIpc) is 2.22. The van der Waals surface area contributed by atoms with Crippen LogP contribution < -0.4 is 5.43 Å². The predicted octanol–water partition coefficient (Wildman–Crippen LogP) is 0.563. The lowest BCUT2D eigenvalue weighted by atomic mass is 10.3. The summed E-state index contributed by atoms with van der Waals surface area (Å²) < 4.78 is 0. The van der Waals surface area contributed by atoms with E-state index in [1.807, 2.05) is 0 Å². The summed E-state index contributed by atoms with van der Waals surface area (Å²) in [5, 5.41) is 2.13. The Balaban J connectivity index is 1.98. The van der Waals surface area contributed by atoms with Gasteiger partial charge in [0.15, 0.2) is 0 Å². The Hall–Kier alpha value is -0.0800. The summed E-state index contributed by atoms with van der Waals surface area (Å²) >= 11 is 0. The Morgan fingerprint density at radius 2 is 2.29 bits per heavy atom. The van der Waals surface area contributed by atoms with E-state index < -0.39 is 0 Å². The van der Waals surface area contributed by atoms with Crippen LogP contribution in [-0.4, -0.2) is 18.2 Å². The van der Waals surface area contributed by atoms with E-state index in [4.69, 9.17) is 0 Å². The number of hydrogen-bond donors (Lipinski definition) is 1. The molecule has 2 nitrogen and oxygen atoms in total. The molecule has 1 aliphatic heterocycles. The van der Waals surface area contributed by atoms with Gasteiger partial charge in [-0.2, -0.15) is 0 Å². The fourth-order valence-corrected chi connectivity index (χ4v) is 0.733. The highest BCUT2D eigenvalue weighted by Gasteiger charge is 2.26. The van der Waals surface area contributed by atoms with Crippen molar-refractivity contribution in [2.75, 3.05) is 7.05 Å². The van der Waals surface area contributed by atoms with Crippen LogP contribution in [0.1, 0.15) is 19.8 Å². The summed E-state index contributed by atoms with van der Waals surface area (Å²) in [6.45, 7) is 2.20. The van der Waals surface area contributed by atoms with Crippen LogP contribution in [0.2, 0.25) is 0 Å². The van der Waals surface area contributed by atoms with E-state index in [9.17, 15) is 0 Å². The monoisotopic (exact) mass is 100 g/mol. The van der Waals surface area contributed by atoms with E-state index in [-0.39, 0.29) is 0 Å². The first-order valence-electron chi connectivity index (χ1n) is 2.83. The Kier molecular flexibility index (Phi) is 1.30. The molecule has 0 aliphatic carbocycles. The van der Waals surface area contributed by atoms with Crippen LogP contribution in [0.3, 0.4) is 0 Å². The molecular weight excluding hydrogens is 88.1 g/mol. The van der Waals surface area contributed by atoms with E-state index in [1.165, 1.54) is 12.8 Å². The van der Waals surface area contributed by atoms with Crippen molar-refractivity contribution in [2.24, 2.45) is 0 Å². The smallest absolute Gasteiger partial charge is 0.0860 e. The Bertz CT molecular complexity index is 63.1. The third-order valence-electron chi connectivity index (χ3n) is 1.31. The molecule has 1 fully saturated rings. The molecule has 0 aromatic heterocycles. The van der Waals surface area contributed by atoms with Gasteiger partial charge in [0.2, 0.25) is 0 Å². The van der Waals surface area contributed by atoms with Crippen LogP contribution >= 0.6 is 0 Å². The van der Waals surface area contributed by atoms with Crippen molar-refractivity contribution < 1.29 is 0 Å². The zero-order valence-corrected chi connectivity index (χ0v) is 4.94. The first kappa shape index (κ1) is 5.06. The van der Waals surface area contributed by atoms with Crippen LogP contribution in [0.5, 0.6) is 0 Å². The molecule has 2 heteroatoms. The van der Waals surface area contributed by atoms with E-state index in [0.29, 0.717) is 6.17 Å². The van der Waals surface area contributed by atoms with E-state index >= 15 is 0 Å². The number of rotatable bonds is 2. The molecule has 1 rings (SSSR count). The molecule has 1 saturated heterocycles. The molecular formula is C5H12N2. The maximum Gasteiger partial charge on any atom is 0.0860 e. The van der Waals surface area contributed by atoms with E-state index in [2.05, 4.69) is 24.4 Å². The molecule has 2 unspecified atom stereocenters. The molecule has 7 heavy (non-hydrogen) atoms. The molecule has 1 heterocycles. The summed E-state index contributed by atoms with van der Waals surface area (Å²) in [7, 11) is 2.07. The first-order valence-corrected chi connectivity index (χ1v) is 2.83. The van der Waals surface area contributed by atoms with Crippen LogP contribution in [0.15, 0.2) is 0 Å². The largest absolute Gasteiger partial charge is 0.235 e. The molecule has 0 aromatic carbocycles. The van der Waals surface area contributed by atoms with Crippen LogP contribution in [0.25, 0.3) is 0 Å². The second kappa shape index (κ2) is 1.80. The standard InChI is InChI=1S/C5H12N2/c1-3-4-5-6-7(5)2/h5-6H,3-4H2,1-2H3. The number of nitrogens with one attached hydrogen (secondary N) is 1. The Morgan fingerprint density at radius 3 is 2.43 bits per heavy atom. The van der Waals surface area contributed by atoms with Crippen LogP contribution in [0, 0.1) is 0 Å². The SMILES string of the molecule is CCCC1NN1C. The quantitative estimate of drug-likeness (QED) is 0.513. The van der Waals surface area contributed by atoms with Gasteiger partial charge < -0.3 is 0 Å². The maximum atomic E-state index is 3.17. The van der Waals surface area contributed by atoms with Gasteiger partial charge in [0, 0.05) is 7.05 Å². The molecule has 42 valence electrons. The highest BCUT2D eigenvalue weighted by Crippen LogP contribution is 2.09. The lowest BCUT2D eigenvalue weighted by Crippen LogP contribution is -1.91. The topological polar surface area (TPSA) is 25.0 Å². The maximum absolute atomic E-state index is 3.17. The van der Waals surface area contributed by atoms with Crippen molar-refractivity contribution in [3.05, 3.63) is 0 Å². The average molecular weight is 100 g/mol. The van der Waals surface area contributed by atoms with Gasteiger partial charge in [0.05, 0.1) is 6.17 Å². The van der Waals surface area contributed by atoms with Gasteiger partial charge in [0.1, 0.15) is 0 Å². The number of hydrazine groups is 1. The molecule has 2 atom stereocenters. The van der Waals surface area contributed by atoms with Gasteiger partial charge in [-0.15, -0.1) is 0 Å². The van der Waals surface area contributed by atoms with E-state index in [1.54, 1.807) is 0 Å². The summed E-state index contributed by atoms with van der Waals surface area (Å²) in [6, 6.07) is 0. The van der Waals surface area contributed by atoms with Crippen molar-refractivity contribution in [2.45, 2.75) is 25.9 Å². The zero-order valence-electron chi connectivity index (χ0n) is 4.94. The fraction of sp³-hybridized carbons (Fsp3) is 1.00. The second-order valence-electron chi connectivity index (χ2n) is 2.04. The summed E-state index contributed by atoms with van der Waals surface area (Å²) in [5.74, 6) is 0. The van der Waals surface area contributed by atoms with Crippen molar-refractivity contribution >= 4 is 0 Å². The predicted molar refractivity (Wildman–Crippen MR) is 29.6 cm³/mol. The van der Waals surface area contributed by atoms with Gasteiger partial charge in [-0.05, 0) is 6.42 Å². The van der Waals surface area contributed by atoms with Crippen molar-refractivity contribution in [3.8, 4) is 0 Å². The fourth-order valence-electron chi connectivity index (χ4n) is 0.733. The van der Waals surface area contributed by atoms with Gasteiger partial charge in [-0.1, -0.05) is 13.3 Å². The number of hydrogen-bond acceptors (Lipinski definition) is 2. The lowest BCUT2D eigenvalue weighted by molar-refractivity contribution is 0.566. The minimum atomic E-state index is 0.699. The number of nitrogens with zero attached hydrogens (tertiary/aromatic N) is 1. The Morgan fingerprint density at radius 1 is 1.71 bits per heavy atom. The van der Waals surface area contributed by atoms with Crippen LogP contribution in [0.4, 0.5) is 0 Å². The first-order chi connectivity index (χ1) is 3.34. The van der Waals surface area contributed by atoms with Crippen LogP contribution in [-0.2, 0) is 0 Å².